The average Bonchev–Trinajstić information content (AvgIpc) is 3.62. The van der Waals surface area contributed by atoms with Gasteiger partial charge in [-0.3, -0.25) is 29.0 Å². The van der Waals surface area contributed by atoms with Gasteiger partial charge >= 0.3 is 0 Å². The molecule has 0 radical (unpaired) electrons. The van der Waals surface area contributed by atoms with Gasteiger partial charge in [-0.2, -0.15) is 0 Å². The number of ether oxygens (including phenoxy) is 3. The summed E-state index contributed by atoms with van der Waals surface area (Å²) < 4.78 is 17.8. The Balaban J connectivity index is 0.732. The molecule has 19 heteroatoms. The molecular formula is C47H63Cl3N8O8. The van der Waals surface area contributed by atoms with Gasteiger partial charge in [-0.15, -0.1) is 0 Å². The van der Waals surface area contributed by atoms with Gasteiger partial charge in [0.1, 0.15) is 11.5 Å². The Morgan fingerprint density at radius 3 is 2.24 bits per heavy atom. The van der Waals surface area contributed by atoms with Gasteiger partial charge in [0, 0.05) is 99.2 Å². The standard InChI is InChI=1S/C47H63Cl3N8O8/c1-58-41(60)27-37(43(58)30-5-2-17-52-28-30)46(62)54-20-24-66-34-13-11-33(12-14-34)65-22-3-6-40(59)56-32-9-7-29(8-10-32)45(61)53-18-4-21-64-23-19-55-47(63)39-16-15-35(44(51)57-39)36-25-31(48)26-38(49)42(36)50/h2,15-17,25-26,28-30,32-34,37,43H,3-14,18-24,27H2,1H3,(H2,51,57)(H,53,61)(H,54,62)(H,55,63)(H,56,59)/t29?,30?,32?,33?,34?,37-,43+/m0/s1. The van der Waals surface area contributed by atoms with Crippen molar-refractivity contribution in [2.75, 3.05) is 58.8 Å². The van der Waals surface area contributed by atoms with E-state index in [1.807, 2.05) is 12.3 Å². The number of pyridine rings is 1. The van der Waals surface area contributed by atoms with E-state index in [4.69, 9.17) is 54.7 Å². The number of nitrogen functional groups attached to an aromatic ring is 1. The summed E-state index contributed by atoms with van der Waals surface area (Å²) in [6, 6.07) is 6.22. The number of anilines is 1. The number of aromatic nitrogens is 1. The SMILES string of the molecule is CN1C(=O)C[C@H](C(=O)NCCOC2CCC(OCCCC(=O)NC3CCC(C(=O)NCCCOCCNC(=O)c4ccc(-c5cc(Cl)cc(Cl)c5Cl)c(N)n4)CC3)CC2)[C@H]1C1C=NC=CC1. The molecule has 5 amide bonds. The van der Waals surface area contributed by atoms with Crippen LogP contribution in [0.2, 0.25) is 15.1 Å². The minimum Gasteiger partial charge on any atom is -0.383 e. The Bertz CT molecular complexity index is 2060. The van der Waals surface area contributed by atoms with Crippen molar-refractivity contribution in [2.24, 2.45) is 22.7 Å². The van der Waals surface area contributed by atoms with Crippen LogP contribution in [0.3, 0.4) is 0 Å². The van der Waals surface area contributed by atoms with E-state index in [-0.39, 0.29) is 101 Å². The molecule has 2 aliphatic carbocycles. The zero-order valence-corrected chi connectivity index (χ0v) is 39.8. The van der Waals surface area contributed by atoms with Crippen molar-refractivity contribution in [3.8, 4) is 11.1 Å². The first-order chi connectivity index (χ1) is 31.9. The molecule has 16 nitrogen and oxygen atoms in total. The van der Waals surface area contributed by atoms with Gasteiger partial charge in [-0.25, -0.2) is 4.98 Å². The van der Waals surface area contributed by atoms with Crippen LogP contribution in [0.15, 0.2) is 41.5 Å². The largest absolute Gasteiger partial charge is 0.383 e. The van der Waals surface area contributed by atoms with Gasteiger partial charge in [0.25, 0.3) is 5.91 Å². The van der Waals surface area contributed by atoms with E-state index < -0.39 is 11.8 Å². The van der Waals surface area contributed by atoms with Crippen LogP contribution >= 0.6 is 34.8 Å². The lowest BCUT2D eigenvalue weighted by Gasteiger charge is -2.30. The molecule has 3 atom stereocenters. The predicted molar refractivity (Wildman–Crippen MR) is 254 cm³/mol. The minimum atomic E-state index is -0.401. The third-order valence-electron chi connectivity index (χ3n) is 12.8. The maximum atomic E-state index is 13.0. The van der Waals surface area contributed by atoms with E-state index in [9.17, 15) is 24.0 Å². The lowest BCUT2D eigenvalue weighted by Crippen LogP contribution is -2.45. The first-order valence-corrected chi connectivity index (χ1v) is 24.3. The highest BCUT2D eigenvalue weighted by atomic mass is 35.5. The first-order valence-electron chi connectivity index (χ1n) is 23.2. The summed E-state index contributed by atoms with van der Waals surface area (Å²) in [5.74, 6) is -0.826. The van der Waals surface area contributed by atoms with E-state index in [0.717, 1.165) is 57.8 Å². The molecule has 66 heavy (non-hydrogen) atoms. The van der Waals surface area contributed by atoms with E-state index in [0.29, 0.717) is 68.3 Å². The molecular weight excluding hydrogens is 911 g/mol. The van der Waals surface area contributed by atoms with Crippen LogP contribution in [0.4, 0.5) is 5.82 Å². The van der Waals surface area contributed by atoms with Crippen molar-refractivity contribution >= 4 is 76.4 Å². The number of nitrogens with zero attached hydrogens (tertiary/aromatic N) is 3. The number of hydrogen-bond donors (Lipinski definition) is 5. The molecule has 0 spiro atoms. The number of carbonyl (C=O) groups excluding carboxylic acids is 5. The molecule has 0 bridgehead atoms. The highest BCUT2D eigenvalue weighted by molar-refractivity contribution is 6.45. The smallest absolute Gasteiger partial charge is 0.270 e. The van der Waals surface area contributed by atoms with Crippen molar-refractivity contribution in [3.05, 3.63) is 57.3 Å². The third-order valence-corrected chi connectivity index (χ3v) is 13.8. The van der Waals surface area contributed by atoms with Gasteiger partial charge in [0.05, 0.1) is 47.4 Å². The number of nitrogens with one attached hydrogen (secondary N) is 4. The van der Waals surface area contributed by atoms with Crippen LogP contribution in [0, 0.1) is 17.8 Å². The number of aliphatic imine (C=N–C) groups is 1. The number of amides is 5. The summed E-state index contributed by atoms with van der Waals surface area (Å²) in [6.07, 6.45) is 15.0. The maximum Gasteiger partial charge on any atom is 0.270 e. The van der Waals surface area contributed by atoms with E-state index >= 15 is 0 Å². The third kappa shape index (κ3) is 14.8. The molecule has 2 saturated carbocycles. The molecule has 2 aliphatic heterocycles. The van der Waals surface area contributed by atoms with E-state index in [1.54, 1.807) is 36.3 Å². The van der Waals surface area contributed by atoms with Crippen molar-refractivity contribution in [1.82, 2.24) is 31.2 Å². The van der Waals surface area contributed by atoms with Gasteiger partial charge in [0.15, 0.2) is 0 Å². The average molecular weight is 974 g/mol. The summed E-state index contributed by atoms with van der Waals surface area (Å²) in [5, 5.41) is 12.8. The monoisotopic (exact) mass is 972 g/mol. The van der Waals surface area contributed by atoms with Gasteiger partial charge in [-0.1, -0.05) is 40.9 Å². The summed E-state index contributed by atoms with van der Waals surface area (Å²) in [5.41, 5.74) is 7.29. The number of nitrogens with two attached hydrogens (primary N) is 1. The van der Waals surface area contributed by atoms with Crippen molar-refractivity contribution < 1.29 is 38.2 Å². The Kier molecular flexibility index (Phi) is 19.9. The summed E-state index contributed by atoms with van der Waals surface area (Å²) in [4.78, 5) is 73.7. The van der Waals surface area contributed by atoms with E-state index in [1.165, 1.54) is 6.07 Å². The Morgan fingerprint density at radius 1 is 0.818 bits per heavy atom. The quantitative estimate of drug-likeness (QED) is 0.0695. The zero-order chi connectivity index (χ0) is 47.0. The zero-order valence-electron chi connectivity index (χ0n) is 37.5. The van der Waals surface area contributed by atoms with Crippen molar-refractivity contribution in [1.29, 1.82) is 0 Å². The topological polar surface area (TPSA) is 216 Å². The molecule has 4 aliphatic rings. The predicted octanol–water partition coefficient (Wildman–Crippen LogP) is 5.91. The number of carbonyl (C=O) groups is 5. The second kappa shape index (κ2) is 25.7. The number of hydrogen-bond acceptors (Lipinski definition) is 11. The van der Waals surface area contributed by atoms with Gasteiger partial charge < -0.3 is 46.1 Å². The Morgan fingerprint density at radius 2 is 1.53 bits per heavy atom. The Labute approximate surface area is 401 Å². The minimum absolute atomic E-state index is 0.0131. The maximum absolute atomic E-state index is 13.0. The highest BCUT2D eigenvalue weighted by Crippen LogP contribution is 2.38. The molecule has 1 aromatic carbocycles. The van der Waals surface area contributed by atoms with Crippen molar-refractivity contribution in [2.45, 2.75) is 108 Å². The normalized spacial score (nSPS) is 24.0. The Hall–Kier alpha value is -4.32. The van der Waals surface area contributed by atoms with Crippen molar-refractivity contribution in [3.63, 3.8) is 0 Å². The van der Waals surface area contributed by atoms with Gasteiger partial charge in [0.2, 0.25) is 23.6 Å². The molecule has 1 saturated heterocycles. The molecule has 1 aromatic heterocycles. The van der Waals surface area contributed by atoms with Crippen LogP contribution in [-0.4, -0.2) is 123 Å². The molecule has 360 valence electrons. The molecule has 3 fully saturated rings. The summed E-state index contributed by atoms with van der Waals surface area (Å²) in [7, 11) is 1.77. The number of likely N-dealkylation sites (tertiary alicyclic amines) is 1. The van der Waals surface area contributed by atoms with Gasteiger partial charge in [-0.05, 0) is 94.9 Å². The number of rotatable bonds is 22. The van der Waals surface area contributed by atoms with Crippen LogP contribution in [0.5, 0.6) is 0 Å². The molecule has 3 heterocycles. The molecule has 6 N–H and O–H groups in total. The lowest BCUT2D eigenvalue weighted by molar-refractivity contribution is -0.128. The number of allylic oxidation sites excluding steroid dienone is 1. The summed E-state index contributed by atoms with van der Waals surface area (Å²) in [6.45, 7) is 2.80. The lowest BCUT2D eigenvalue weighted by atomic mass is 9.85. The van der Waals surface area contributed by atoms with Crippen LogP contribution in [-0.2, 0) is 33.4 Å². The molecule has 1 unspecified atom stereocenters. The summed E-state index contributed by atoms with van der Waals surface area (Å²) >= 11 is 18.6. The second-order valence-electron chi connectivity index (χ2n) is 17.4. The number of benzene rings is 1. The fraction of sp³-hybridized carbons (Fsp3) is 0.596. The van der Waals surface area contributed by atoms with Crippen LogP contribution < -0.4 is 27.0 Å². The number of halogens is 3. The second-order valence-corrected chi connectivity index (χ2v) is 18.7. The first kappa shape index (κ1) is 51.1. The van der Waals surface area contributed by atoms with Crippen LogP contribution in [0.1, 0.15) is 94.0 Å². The fourth-order valence-corrected chi connectivity index (χ4v) is 9.87. The molecule has 2 aromatic rings. The van der Waals surface area contributed by atoms with E-state index in [2.05, 4.69) is 31.2 Å². The molecule has 6 rings (SSSR count). The highest BCUT2D eigenvalue weighted by Gasteiger charge is 2.45. The van der Waals surface area contributed by atoms with Crippen LogP contribution in [0.25, 0.3) is 11.1 Å². The fourth-order valence-electron chi connectivity index (χ4n) is 9.17.